The minimum atomic E-state index is -2.79. The van der Waals surface area contributed by atoms with Crippen molar-refractivity contribution < 1.29 is 17.7 Å². The van der Waals surface area contributed by atoms with Crippen LogP contribution in [0.4, 0.5) is 11.4 Å². The standard InChI is InChI=1S/C17H17N3.C14H18N2.C13H16N2O.C13H16N2.C13H19NO2S.C13H19NO.C12H16N4.C11H12ClN3.C11H14N4/c1-12(2)13-3-5-14(6-4-13)16-11-17(20-19-16)15-7-9-18-10-8-15;1-11(2)14-6-4-13(5-7-14)10-16-9-8-15-12(16)3;1-4-12-14-13(15-16-12)11-7-5-10(6-8-11)9(2)3;1-11(2)13-6-3-5-12(9-13)10-15-8-4-7-14-15;1-11(2)12-4-3-5-13(10-12)14-6-8-17(15,16)9-7-14;1-11(2)12-4-3-5-13(10-12)14-6-8-15-9-7-14;1-9(2)12-6-4-11(5-7-12)8-16-10(3)13-14-15-16;1-8(2)10-4-3-9(5-11(10)12)15-6-13-14-7-15;1-9(2)11-5-3-10(4-6-11)7-15-8-12-13-14-15/h3-12H,1-2H3,(H,19,20);4-9,11H,10H2,1-3H3;5-9H,4H2,1-3H3;3-9,11H,10H2,1-2H3;3-5,10-11H,6-9H2,1-2H3;3-5,10-11H,6-9H2,1-2H3;4-7,9H,8H2,1-3H3;3-8H,1-2H3;3-6,8-9H,7H2,1-2H3. The number of anilines is 2. The lowest BCUT2D eigenvalue weighted by Gasteiger charge is -2.29. The summed E-state index contributed by atoms with van der Waals surface area (Å²) in [5, 5.41) is 46.3. The van der Waals surface area contributed by atoms with Gasteiger partial charge in [0.1, 0.15) is 30.6 Å². The minimum absolute atomic E-state index is 0.277. The number of hydrogen-bond donors (Lipinski definition) is 1. The highest BCUT2D eigenvalue weighted by Crippen LogP contribution is 2.31. The average molecular weight is 1990 g/mol. The zero-order valence-corrected chi connectivity index (χ0v) is 90.0. The second-order valence-electron chi connectivity index (χ2n) is 39.1. The van der Waals surface area contributed by atoms with Crippen LogP contribution >= 0.6 is 11.6 Å². The number of sulfone groups is 1. The Labute approximate surface area is 863 Å². The molecule has 19 rings (SSSR count). The number of halogens is 1. The molecule has 9 aromatic carbocycles. The van der Waals surface area contributed by atoms with Gasteiger partial charge in [0.05, 0.1) is 55.7 Å². The molecule has 0 amide bonds. The predicted molar refractivity (Wildman–Crippen MR) is 588 cm³/mol. The van der Waals surface area contributed by atoms with Crippen LogP contribution in [0.1, 0.15) is 275 Å². The number of ether oxygens (including phenoxy) is 1. The van der Waals surface area contributed by atoms with Crippen LogP contribution in [0.3, 0.4) is 0 Å². The van der Waals surface area contributed by atoms with Gasteiger partial charge in [-0.2, -0.15) is 15.2 Å². The molecule has 145 heavy (non-hydrogen) atoms. The van der Waals surface area contributed by atoms with Gasteiger partial charge in [-0.25, -0.2) is 22.8 Å². The van der Waals surface area contributed by atoms with Crippen molar-refractivity contribution in [1.82, 2.24) is 99.8 Å². The molecule has 0 unspecified atom stereocenters. The Hall–Kier alpha value is -14.0. The molecule has 17 aromatic rings. The summed E-state index contributed by atoms with van der Waals surface area (Å²) in [5.74, 6) is 8.79. The van der Waals surface area contributed by atoms with E-state index in [9.17, 15) is 8.42 Å². The van der Waals surface area contributed by atoms with Crippen LogP contribution in [0.15, 0.2) is 297 Å². The molecule has 10 heterocycles. The Morgan fingerprint density at radius 1 is 0.414 bits per heavy atom. The molecule has 28 heteroatoms. The van der Waals surface area contributed by atoms with Crippen molar-refractivity contribution in [3.8, 4) is 39.6 Å². The Balaban J connectivity index is 0.000000156. The maximum absolute atomic E-state index is 11.4. The van der Waals surface area contributed by atoms with Crippen LogP contribution < -0.4 is 9.80 Å². The Morgan fingerprint density at radius 3 is 1.37 bits per heavy atom. The van der Waals surface area contributed by atoms with Crippen LogP contribution in [0.5, 0.6) is 0 Å². The number of aryl methyl sites for hydroxylation is 3. The molecule has 2 fully saturated rings. The fourth-order valence-electron chi connectivity index (χ4n) is 15.6. The minimum Gasteiger partial charge on any atom is -0.378 e. The summed E-state index contributed by atoms with van der Waals surface area (Å²) < 4.78 is 42.6. The SMILES string of the molecule is CC(C)c1ccc(-c2cc(-c3ccncc3)[nH]n2)cc1.CC(C)c1ccc(-n2cnnc2)cc1Cl.CC(C)c1ccc(Cn2cnnn2)cc1.CC(C)c1cccc(Cn2cccn2)c1.CC(C)c1cccc(N2CCOCC2)c1.CC(C)c1cccc(N2CCS(=O)(=O)CC2)c1.CCc1nc(-c2ccc(C(C)C)cc2)no1.Cc1nccn1Cc1ccc(C(C)C)cc1.Cc1nnnn1Cc1ccc(C(C)C)cc1. The lowest BCUT2D eigenvalue weighted by molar-refractivity contribution is 0.122. The molecule has 0 aliphatic carbocycles. The van der Waals surface area contributed by atoms with E-state index in [2.05, 4.69) is 398 Å². The highest BCUT2D eigenvalue weighted by atomic mass is 35.5. The third-order valence-electron chi connectivity index (χ3n) is 25.0. The second-order valence-corrected chi connectivity index (χ2v) is 41.8. The van der Waals surface area contributed by atoms with Gasteiger partial charge in [0.15, 0.2) is 9.84 Å². The highest BCUT2D eigenvalue weighted by molar-refractivity contribution is 7.91. The molecular weight excluding hydrogens is 1840 g/mol. The number of hydrogen-bond acceptors (Lipinski definition) is 20. The molecule has 0 radical (unpaired) electrons. The molecule has 0 atom stereocenters. The van der Waals surface area contributed by atoms with Crippen molar-refractivity contribution in [2.75, 3.05) is 60.7 Å². The largest absolute Gasteiger partial charge is 0.378 e. The van der Waals surface area contributed by atoms with Crippen LogP contribution in [-0.2, 0) is 47.2 Å². The molecule has 1 N–H and O–H groups in total. The number of H-pyrrole nitrogens is 1. The van der Waals surface area contributed by atoms with E-state index in [1.54, 1.807) is 40.7 Å². The van der Waals surface area contributed by atoms with Crippen LogP contribution in [0, 0.1) is 13.8 Å². The Morgan fingerprint density at radius 2 is 0.910 bits per heavy atom. The van der Waals surface area contributed by atoms with E-state index in [0.717, 1.165) is 121 Å². The summed E-state index contributed by atoms with van der Waals surface area (Å²) in [6, 6.07) is 82.8. The van der Waals surface area contributed by atoms with E-state index in [-0.39, 0.29) is 11.5 Å². The van der Waals surface area contributed by atoms with Gasteiger partial charge in [-0.15, -0.1) is 20.4 Å². The van der Waals surface area contributed by atoms with E-state index < -0.39 is 9.84 Å². The number of tetrazole rings is 2. The number of aromatic amines is 1. The van der Waals surface area contributed by atoms with Crippen molar-refractivity contribution >= 4 is 32.8 Å². The number of rotatable bonds is 24. The maximum Gasteiger partial charge on any atom is 0.226 e. The number of aromatic nitrogens is 20. The molecule has 8 aromatic heterocycles. The molecule has 0 bridgehead atoms. The normalized spacial score (nSPS) is 12.6. The third kappa shape index (κ3) is 35.8. The molecule has 0 saturated carbocycles. The fraction of sp³-hybridized carbons (Fsp3) is 0.368. The number of imidazole rings is 1. The predicted octanol–water partition coefficient (Wildman–Crippen LogP) is 25.8. The van der Waals surface area contributed by atoms with E-state index in [1.165, 1.54) is 72.4 Å². The Kier molecular flexibility index (Phi) is 43.2. The summed E-state index contributed by atoms with van der Waals surface area (Å²) in [6.45, 7) is 53.6. The molecular formula is C117H147ClN22O4S. The lowest BCUT2D eigenvalue weighted by Crippen LogP contribution is -2.40. The first-order chi connectivity index (χ1) is 69.7. The molecule has 0 spiro atoms. The van der Waals surface area contributed by atoms with E-state index in [4.69, 9.17) is 20.9 Å². The summed E-state index contributed by atoms with van der Waals surface area (Å²) in [4.78, 5) is 17.1. The summed E-state index contributed by atoms with van der Waals surface area (Å²) in [5.41, 5.74) is 25.8. The first-order valence-corrected chi connectivity index (χ1v) is 52.8. The van der Waals surface area contributed by atoms with Gasteiger partial charge in [0.2, 0.25) is 11.7 Å². The molecule has 2 saturated heterocycles. The van der Waals surface area contributed by atoms with Gasteiger partial charge < -0.3 is 23.6 Å². The van der Waals surface area contributed by atoms with Crippen molar-refractivity contribution in [1.29, 1.82) is 0 Å². The molecule has 2 aliphatic rings. The third-order valence-corrected chi connectivity index (χ3v) is 27.0. The molecule has 2 aliphatic heterocycles. The highest BCUT2D eigenvalue weighted by Gasteiger charge is 2.23. The monoisotopic (exact) mass is 1990 g/mol. The first kappa shape index (κ1) is 111. The molecule has 762 valence electrons. The van der Waals surface area contributed by atoms with Crippen LogP contribution in [-0.4, -0.2) is 159 Å². The molecule has 26 nitrogen and oxygen atoms in total. The summed E-state index contributed by atoms with van der Waals surface area (Å²) in [6.07, 6.45) is 16.9. The second kappa shape index (κ2) is 56.3. The summed E-state index contributed by atoms with van der Waals surface area (Å²) >= 11 is 6.19. The Bertz CT molecular complexity index is 6590. The average Bonchev–Trinajstić information content (AvgIpc) is 1.77. The maximum atomic E-state index is 11.4. The lowest BCUT2D eigenvalue weighted by atomic mass is 10.0. The van der Waals surface area contributed by atoms with E-state index in [0.29, 0.717) is 78.1 Å². The van der Waals surface area contributed by atoms with Crippen molar-refractivity contribution in [2.24, 2.45) is 0 Å². The van der Waals surface area contributed by atoms with E-state index in [1.807, 2.05) is 109 Å². The van der Waals surface area contributed by atoms with Gasteiger partial charge in [-0.05, 0) is 221 Å². The van der Waals surface area contributed by atoms with Crippen molar-refractivity contribution in [2.45, 2.75) is 231 Å². The zero-order valence-electron chi connectivity index (χ0n) is 88.4. The van der Waals surface area contributed by atoms with Crippen LogP contribution in [0.25, 0.3) is 39.6 Å². The van der Waals surface area contributed by atoms with Gasteiger partial charge in [-0.3, -0.25) is 19.3 Å². The van der Waals surface area contributed by atoms with Crippen molar-refractivity contribution in [3.63, 3.8) is 0 Å². The zero-order chi connectivity index (χ0) is 104. The van der Waals surface area contributed by atoms with Gasteiger partial charge in [0, 0.05) is 115 Å². The quantitative estimate of drug-likeness (QED) is 0.0588. The van der Waals surface area contributed by atoms with E-state index >= 15 is 0 Å². The first-order valence-electron chi connectivity index (χ1n) is 50.6. The number of nitrogens with zero attached hydrogens (tertiary/aromatic N) is 21. The number of nitrogens with one attached hydrogen (secondary N) is 1. The topological polar surface area (TPSA) is 284 Å². The summed E-state index contributed by atoms with van der Waals surface area (Å²) in [7, 11) is -2.79. The smallest absolute Gasteiger partial charge is 0.226 e. The number of benzene rings is 9. The van der Waals surface area contributed by atoms with Crippen LogP contribution in [0.2, 0.25) is 5.02 Å². The number of pyridine rings is 1. The van der Waals surface area contributed by atoms with Gasteiger partial charge in [-0.1, -0.05) is 324 Å². The van der Waals surface area contributed by atoms with Gasteiger partial charge in [0.25, 0.3) is 0 Å². The van der Waals surface area contributed by atoms with Gasteiger partial charge >= 0.3 is 0 Å². The number of morpholine rings is 1. The fourth-order valence-corrected chi connectivity index (χ4v) is 17.2. The van der Waals surface area contributed by atoms with Crippen molar-refractivity contribution in [3.05, 3.63) is 388 Å².